The Hall–Kier alpha value is -2.01. The van der Waals surface area contributed by atoms with Crippen LogP contribution in [-0.4, -0.2) is 43.6 Å². The van der Waals surface area contributed by atoms with Gasteiger partial charge in [0.05, 0.1) is 7.11 Å². The maximum atomic E-state index is 12.7. The average Bonchev–Trinajstić information content (AvgIpc) is 2.84. The van der Waals surface area contributed by atoms with Gasteiger partial charge < -0.3 is 19.4 Å². The molecule has 1 atom stereocenters. The zero-order valence-corrected chi connectivity index (χ0v) is 12.6. The van der Waals surface area contributed by atoms with Gasteiger partial charge >= 0.3 is 0 Å². The van der Waals surface area contributed by atoms with Crippen LogP contribution in [0.2, 0.25) is 0 Å². The molecule has 112 valence electrons. The Morgan fingerprint density at radius 2 is 2.29 bits per heavy atom. The Balaban J connectivity index is 2.00. The lowest BCUT2D eigenvalue weighted by molar-refractivity contribution is 0.0678. The lowest BCUT2D eigenvalue weighted by Crippen LogP contribution is -2.51. The summed E-state index contributed by atoms with van der Waals surface area (Å²) < 4.78 is 11.1. The van der Waals surface area contributed by atoms with Crippen LogP contribution < -0.4 is 10.1 Å². The van der Waals surface area contributed by atoms with E-state index < -0.39 is 0 Å². The molecule has 21 heavy (non-hydrogen) atoms. The molecule has 1 aromatic carbocycles. The Morgan fingerprint density at radius 3 is 3.00 bits per heavy atom. The van der Waals surface area contributed by atoms with E-state index in [0.29, 0.717) is 36.2 Å². The second-order valence-corrected chi connectivity index (χ2v) is 5.50. The third kappa shape index (κ3) is 2.38. The van der Waals surface area contributed by atoms with Crippen molar-refractivity contribution in [2.45, 2.75) is 19.9 Å². The molecule has 1 aliphatic heterocycles. The number of hydrogen-bond acceptors (Lipinski definition) is 4. The van der Waals surface area contributed by atoms with Gasteiger partial charge in [-0.15, -0.1) is 0 Å². The van der Waals surface area contributed by atoms with Crippen molar-refractivity contribution in [1.29, 1.82) is 0 Å². The molecule has 5 nitrogen and oxygen atoms in total. The minimum Gasteiger partial charge on any atom is -0.493 e. The number of para-hydroxylation sites is 1. The van der Waals surface area contributed by atoms with Gasteiger partial charge in [-0.25, -0.2) is 0 Å². The molecule has 1 amide bonds. The fourth-order valence-electron chi connectivity index (χ4n) is 2.84. The number of amides is 1. The Labute approximate surface area is 123 Å². The van der Waals surface area contributed by atoms with Gasteiger partial charge in [0.25, 0.3) is 5.91 Å². The van der Waals surface area contributed by atoms with Gasteiger partial charge in [-0.05, 0) is 19.9 Å². The second-order valence-electron chi connectivity index (χ2n) is 5.50. The topological polar surface area (TPSA) is 54.7 Å². The summed E-state index contributed by atoms with van der Waals surface area (Å²) in [6.45, 7) is 6.22. The van der Waals surface area contributed by atoms with E-state index in [4.69, 9.17) is 9.15 Å². The van der Waals surface area contributed by atoms with E-state index in [0.717, 1.165) is 17.5 Å². The van der Waals surface area contributed by atoms with Crippen LogP contribution in [0.3, 0.4) is 0 Å². The summed E-state index contributed by atoms with van der Waals surface area (Å²) in [5, 5.41) is 4.26. The Morgan fingerprint density at radius 1 is 1.48 bits per heavy atom. The molecule has 1 aromatic heterocycles. The summed E-state index contributed by atoms with van der Waals surface area (Å²) in [6.07, 6.45) is 0. The standard InChI is InChI=1S/C16H20N2O3/c1-10-9-18(8-7-17-10)16(19)14-11(2)12-5-4-6-13(20-3)15(12)21-14/h4-6,10,17H,7-9H2,1-3H3/t10-/m1/s1. The SMILES string of the molecule is COc1cccc2c(C)c(C(=O)N3CCN[C@H](C)C3)oc12. The predicted molar refractivity (Wildman–Crippen MR) is 80.9 cm³/mol. The normalized spacial score (nSPS) is 19.0. The molecule has 5 heteroatoms. The summed E-state index contributed by atoms with van der Waals surface area (Å²) in [5.41, 5.74) is 1.52. The molecule has 1 saturated heterocycles. The summed E-state index contributed by atoms with van der Waals surface area (Å²) in [5.74, 6) is 1.03. The van der Waals surface area contributed by atoms with Gasteiger partial charge in [-0.1, -0.05) is 12.1 Å². The molecule has 0 radical (unpaired) electrons. The number of rotatable bonds is 2. The van der Waals surface area contributed by atoms with E-state index in [1.165, 1.54) is 0 Å². The van der Waals surface area contributed by atoms with Gasteiger partial charge in [0, 0.05) is 36.6 Å². The number of carbonyl (C=O) groups is 1. The number of furan rings is 1. The van der Waals surface area contributed by atoms with Crippen LogP contribution in [0.1, 0.15) is 23.0 Å². The number of piperazine rings is 1. The third-order valence-corrected chi connectivity index (χ3v) is 4.00. The van der Waals surface area contributed by atoms with E-state index in [1.54, 1.807) is 7.11 Å². The lowest BCUT2D eigenvalue weighted by Gasteiger charge is -2.31. The Kier molecular flexibility index (Phi) is 3.59. The first-order valence-corrected chi connectivity index (χ1v) is 7.20. The van der Waals surface area contributed by atoms with Crippen LogP contribution in [0.4, 0.5) is 0 Å². The fourth-order valence-corrected chi connectivity index (χ4v) is 2.84. The summed E-state index contributed by atoms with van der Waals surface area (Å²) in [7, 11) is 1.60. The van der Waals surface area contributed by atoms with Crippen LogP contribution in [0.5, 0.6) is 5.75 Å². The van der Waals surface area contributed by atoms with E-state index >= 15 is 0 Å². The first-order chi connectivity index (χ1) is 10.1. The van der Waals surface area contributed by atoms with E-state index in [-0.39, 0.29) is 5.91 Å². The van der Waals surface area contributed by atoms with Gasteiger partial charge in [0.15, 0.2) is 17.1 Å². The number of fused-ring (bicyclic) bond motifs is 1. The van der Waals surface area contributed by atoms with Crippen molar-refractivity contribution >= 4 is 16.9 Å². The number of ether oxygens (including phenoxy) is 1. The number of nitrogens with zero attached hydrogens (tertiary/aromatic N) is 1. The quantitative estimate of drug-likeness (QED) is 0.920. The molecule has 1 fully saturated rings. The summed E-state index contributed by atoms with van der Waals surface area (Å²) >= 11 is 0. The highest BCUT2D eigenvalue weighted by molar-refractivity contribution is 6.00. The molecule has 0 bridgehead atoms. The van der Waals surface area contributed by atoms with E-state index in [9.17, 15) is 4.79 Å². The molecular formula is C16H20N2O3. The van der Waals surface area contributed by atoms with E-state index in [1.807, 2.05) is 30.0 Å². The van der Waals surface area contributed by atoms with Crippen molar-refractivity contribution in [2.24, 2.45) is 0 Å². The maximum absolute atomic E-state index is 12.7. The van der Waals surface area contributed by atoms with Crippen molar-refractivity contribution in [3.63, 3.8) is 0 Å². The molecule has 3 rings (SSSR count). The highest BCUT2D eigenvalue weighted by Crippen LogP contribution is 2.32. The van der Waals surface area contributed by atoms with Gasteiger partial charge in [0.1, 0.15) is 0 Å². The molecule has 1 aliphatic rings. The van der Waals surface area contributed by atoms with Crippen molar-refractivity contribution < 1.29 is 13.9 Å². The molecule has 0 saturated carbocycles. The summed E-state index contributed by atoms with van der Waals surface area (Å²) in [6, 6.07) is 6.01. The number of nitrogens with one attached hydrogen (secondary N) is 1. The molecular weight excluding hydrogens is 268 g/mol. The van der Waals surface area contributed by atoms with Gasteiger partial charge in [-0.3, -0.25) is 4.79 Å². The minimum atomic E-state index is -0.0425. The number of benzene rings is 1. The first kappa shape index (κ1) is 13.9. The van der Waals surface area contributed by atoms with Crippen molar-refractivity contribution in [1.82, 2.24) is 10.2 Å². The van der Waals surface area contributed by atoms with Crippen LogP contribution in [0.15, 0.2) is 22.6 Å². The number of carbonyl (C=O) groups excluding carboxylic acids is 1. The smallest absolute Gasteiger partial charge is 0.289 e. The van der Waals surface area contributed by atoms with Gasteiger partial charge in [-0.2, -0.15) is 0 Å². The highest BCUT2D eigenvalue weighted by atomic mass is 16.5. The molecule has 0 unspecified atom stereocenters. The number of methoxy groups -OCH3 is 1. The largest absolute Gasteiger partial charge is 0.493 e. The molecule has 0 spiro atoms. The zero-order valence-electron chi connectivity index (χ0n) is 12.6. The fraction of sp³-hybridized carbons (Fsp3) is 0.438. The predicted octanol–water partition coefficient (Wildman–Crippen LogP) is 2.18. The number of aryl methyl sites for hydroxylation is 1. The van der Waals surface area contributed by atoms with Crippen LogP contribution in [-0.2, 0) is 0 Å². The molecule has 1 N–H and O–H groups in total. The molecule has 2 heterocycles. The van der Waals surface area contributed by atoms with Crippen molar-refractivity contribution in [3.05, 3.63) is 29.5 Å². The minimum absolute atomic E-state index is 0.0425. The Bertz CT molecular complexity index is 677. The van der Waals surface area contributed by atoms with Crippen molar-refractivity contribution in [3.8, 4) is 5.75 Å². The molecule has 2 aromatic rings. The second kappa shape index (κ2) is 5.41. The monoisotopic (exact) mass is 288 g/mol. The van der Waals surface area contributed by atoms with Gasteiger partial charge in [0.2, 0.25) is 0 Å². The zero-order chi connectivity index (χ0) is 15.0. The molecule has 0 aliphatic carbocycles. The lowest BCUT2D eigenvalue weighted by atomic mass is 10.1. The number of hydrogen-bond donors (Lipinski definition) is 1. The van der Waals surface area contributed by atoms with Crippen LogP contribution in [0.25, 0.3) is 11.0 Å². The van der Waals surface area contributed by atoms with Crippen LogP contribution in [0, 0.1) is 6.92 Å². The highest BCUT2D eigenvalue weighted by Gasteiger charge is 2.27. The summed E-state index contributed by atoms with van der Waals surface area (Å²) in [4.78, 5) is 14.5. The first-order valence-electron chi connectivity index (χ1n) is 7.20. The van der Waals surface area contributed by atoms with Crippen LogP contribution >= 0.6 is 0 Å². The van der Waals surface area contributed by atoms with E-state index in [2.05, 4.69) is 12.2 Å². The average molecular weight is 288 g/mol. The van der Waals surface area contributed by atoms with Crippen molar-refractivity contribution in [2.75, 3.05) is 26.7 Å². The maximum Gasteiger partial charge on any atom is 0.289 e. The third-order valence-electron chi connectivity index (χ3n) is 4.00.